The standard InChI is InChI=1S/C8H12F2S/c1-3-7(5-9)11-8(4-2)6-10/h5-6H,3-4H2,1-2H3. The van der Waals surface area contributed by atoms with Gasteiger partial charge in [0.05, 0.1) is 12.7 Å². The molecular formula is C8H12F2S. The summed E-state index contributed by atoms with van der Waals surface area (Å²) in [5.74, 6) is 0. The normalized spacial score (nSPS) is 13.8. The van der Waals surface area contributed by atoms with Crippen molar-refractivity contribution in [2.45, 2.75) is 26.7 Å². The average Bonchev–Trinajstić information content (AvgIpc) is 2.07. The van der Waals surface area contributed by atoms with Gasteiger partial charge in [0, 0.05) is 9.81 Å². The van der Waals surface area contributed by atoms with Crippen molar-refractivity contribution in [3.05, 3.63) is 22.5 Å². The van der Waals surface area contributed by atoms with Crippen molar-refractivity contribution in [1.82, 2.24) is 0 Å². The average molecular weight is 178 g/mol. The molecule has 0 radical (unpaired) electrons. The van der Waals surface area contributed by atoms with E-state index < -0.39 is 0 Å². The lowest BCUT2D eigenvalue weighted by Crippen LogP contribution is -1.75. The van der Waals surface area contributed by atoms with E-state index in [0.717, 1.165) is 11.8 Å². The van der Waals surface area contributed by atoms with E-state index in [4.69, 9.17) is 0 Å². The Morgan fingerprint density at radius 3 is 1.64 bits per heavy atom. The highest BCUT2D eigenvalue weighted by atomic mass is 32.2. The summed E-state index contributed by atoms with van der Waals surface area (Å²) in [5, 5.41) is 0. The van der Waals surface area contributed by atoms with Crippen LogP contribution in [0.3, 0.4) is 0 Å². The summed E-state index contributed by atoms with van der Waals surface area (Å²) < 4.78 is 23.9. The van der Waals surface area contributed by atoms with Gasteiger partial charge >= 0.3 is 0 Å². The van der Waals surface area contributed by atoms with Crippen LogP contribution in [0.15, 0.2) is 22.5 Å². The van der Waals surface area contributed by atoms with Gasteiger partial charge in [0.1, 0.15) is 0 Å². The van der Waals surface area contributed by atoms with Gasteiger partial charge in [-0.1, -0.05) is 25.6 Å². The van der Waals surface area contributed by atoms with Gasteiger partial charge < -0.3 is 0 Å². The molecule has 0 heterocycles. The molecule has 0 N–H and O–H groups in total. The Hall–Kier alpha value is -0.310. The second-order valence-electron chi connectivity index (χ2n) is 1.96. The molecule has 3 heteroatoms. The van der Waals surface area contributed by atoms with Crippen molar-refractivity contribution in [1.29, 1.82) is 0 Å². The van der Waals surface area contributed by atoms with Crippen LogP contribution in [0.1, 0.15) is 26.7 Å². The van der Waals surface area contributed by atoms with Crippen LogP contribution in [-0.4, -0.2) is 0 Å². The summed E-state index contributed by atoms with van der Waals surface area (Å²) in [4.78, 5) is 1.13. The minimum atomic E-state index is 0.532. The maximum atomic E-state index is 12.0. The number of hydrogen-bond acceptors (Lipinski definition) is 1. The highest BCUT2D eigenvalue weighted by molar-refractivity contribution is 8.06. The van der Waals surface area contributed by atoms with Crippen LogP contribution in [0.25, 0.3) is 0 Å². The molecule has 0 spiro atoms. The fraction of sp³-hybridized carbons (Fsp3) is 0.500. The zero-order chi connectivity index (χ0) is 8.69. The van der Waals surface area contributed by atoms with E-state index in [0.29, 0.717) is 35.3 Å². The zero-order valence-corrected chi connectivity index (χ0v) is 7.55. The first kappa shape index (κ1) is 10.7. The highest BCUT2D eigenvalue weighted by Gasteiger charge is 1.99. The van der Waals surface area contributed by atoms with Crippen LogP contribution in [-0.2, 0) is 0 Å². The Labute approximate surface area is 70.4 Å². The largest absolute Gasteiger partial charge is 0.215 e. The first-order valence-corrected chi connectivity index (χ1v) is 4.36. The van der Waals surface area contributed by atoms with Crippen molar-refractivity contribution >= 4 is 11.8 Å². The third-order valence-electron chi connectivity index (χ3n) is 1.20. The minimum absolute atomic E-state index is 0.532. The van der Waals surface area contributed by atoms with E-state index >= 15 is 0 Å². The minimum Gasteiger partial charge on any atom is -0.215 e. The second kappa shape index (κ2) is 6.40. The van der Waals surface area contributed by atoms with Crippen LogP contribution in [0, 0.1) is 0 Å². The quantitative estimate of drug-likeness (QED) is 0.622. The Kier molecular flexibility index (Phi) is 6.22. The smallest absolute Gasteiger partial charge is 0.0965 e. The molecule has 0 aliphatic rings. The maximum absolute atomic E-state index is 12.0. The fourth-order valence-corrected chi connectivity index (χ4v) is 1.23. The first-order valence-electron chi connectivity index (χ1n) is 3.54. The molecule has 0 aromatic carbocycles. The molecule has 0 bridgehead atoms. The molecule has 0 aromatic rings. The van der Waals surface area contributed by atoms with Crippen LogP contribution in [0.5, 0.6) is 0 Å². The van der Waals surface area contributed by atoms with E-state index in [9.17, 15) is 8.78 Å². The van der Waals surface area contributed by atoms with E-state index in [2.05, 4.69) is 0 Å². The third-order valence-corrected chi connectivity index (χ3v) is 2.48. The molecule has 0 unspecified atom stereocenters. The van der Waals surface area contributed by atoms with Crippen molar-refractivity contribution < 1.29 is 8.78 Å². The van der Waals surface area contributed by atoms with Crippen molar-refractivity contribution in [3.63, 3.8) is 0 Å². The van der Waals surface area contributed by atoms with E-state index in [-0.39, 0.29) is 0 Å². The maximum Gasteiger partial charge on any atom is 0.0965 e. The zero-order valence-electron chi connectivity index (χ0n) is 6.73. The summed E-state index contributed by atoms with van der Waals surface area (Å²) in [6.07, 6.45) is 2.28. The van der Waals surface area contributed by atoms with Crippen LogP contribution in [0.2, 0.25) is 0 Å². The summed E-state index contributed by atoms with van der Waals surface area (Å²) in [7, 11) is 0. The summed E-state index contributed by atoms with van der Waals surface area (Å²) in [5.41, 5.74) is 0. The fourth-order valence-electron chi connectivity index (χ4n) is 0.512. The molecule has 64 valence electrons. The van der Waals surface area contributed by atoms with Gasteiger partial charge in [-0.15, -0.1) is 0 Å². The summed E-state index contributed by atoms with van der Waals surface area (Å²) in [6, 6.07) is 0. The summed E-state index contributed by atoms with van der Waals surface area (Å²) >= 11 is 1.16. The second-order valence-corrected chi connectivity index (χ2v) is 3.21. The van der Waals surface area contributed by atoms with Gasteiger partial charge in [-0.25, -0.2) is 8.78 Å². The first-order chi connectivity index (χ1) is 5.28. The molecular weight excluding hydrogens is 166 g/mol. The lowest BCUT2D eigenvalue weighted by atomic mass is 10.5. The van der Waals surface area contributed by atoms with Crippen molar-refractivity contribution in [3.8, 4) is 0 Å². The number of rotatable bonds is 4. The van der Waals surface area contributed by atoms with E-state index in [1.165, 1.54) is 0 Å². The van der Waals surface area contributed by atoms with Gasteiger partial charge in [-0.05, 0) is 12.8 Å². The van der Waals surface area contributed by atoms with Gasteiger partial charge in [-0.3, -0.25) is 0 Å². The van der Waals surface area contributed by atoms with Gasteiger partial charge in [0.25, 0.3) is 0 Å². The molecule has 11 heavy (non-hydrogen) atoms. The third kappa shape index (κ3) is 4.19. The molecule has 0 rings (SSSR count). The monoisotopic (exact) mass is 178 g/mol. The molecule has 0 saturated heterocycles. The molecule has 0 fully saturated rings. The number of thioether (sulfide) groups is 1. The Morgan fingerprint density at radius 1 is 1.09 bits per heavy atom. The molecule has 0 atom stereocenters. The highest BCUT2D eigenvalue weighted by Crippen LogP contribution is 2.29. The van der Waals surface area contributed by atoms with Gasteiger partial charge in [0.2, 0.25) is 0 Å². The topological polar surface area (TPSA) is 0 Å². The summed E-state index contributed by atoms with van der Waals surface area (Å²) in [6.45, 7) is 3.67. The SMILES string of the molecule is CCC(=CF)SC(=CF)CC. The van der Waals surface area contributed by atoms with Crippen molar-refractivity contribution in [2.75, 3.05) is 0 Å². The van der Waals surface area contributed by atoms with Gasteiger partial charge in [0.15, 0.2) is 0 Å². The van der Waals surface area contributed by atoms with Gasteiger partial charge in [-0.2, -0.15) is 0 Å². The lowest BCUT2D eigenvalue weighted by Gasteiger charge is -2.02. The number of hydrogen-bond donors (Lipinski definition) is 0. The predicted molar refractivity (Wildman–Crippen MR) is 46.6 cm³/mol. The number of allylic oxidation sites excluding steroid dienone is 2. The molecule has 0 saturated carbocycles. The lowest BCUT2D eigenvalue weighted by molar-refractivity contribution is 0.710. The van der Waals surface area contributed by atoms with E-state index in [1.54, 1.807) is 0 Å². The van der Waals surface area contributed by atoms with E-state index in [1.807, 2.05) is 13.8 Å². The van der Waals surface area contributed by atoms with Crippen molar-refractivity contribution in [2.24, 2.45) is 0 Å². The molecule has 0 aromatic heterocycles. The van der Waals surface area contributed by atoms with Crippen LogP contribution in [0.4, 0.5) is 8.78 Å². The molecule has 0 amide bonds. The van der Waals surface area contributed by atoms with Crippen LogP contribution < -0.4 is 0 Å². The molecule has 0 aliphatic carbocycles. The molecule has 0 nitrogen and oxygen atoms in total. The number of halogens is 2. The predicted octanol–water partition coefficient (Wildman–Crippen LogP) is 4.16. The Balaban J connectivity index is 4.00. The van der Waals surface area contributed by atoms with Crippen LogP contribution >= 0.6 is 11.8 Å². The Bertz CT molecular complexity index is 143. The Morgan fingerprint density at radius 2 is 1.45 bits per heavy atom. The molecule has 0 aliphatic heterocycles.